The molecule has 6 nitrogen and oxygen atoms in total. The number of hydrogen-bond acceptors (Lipinski definition) is 4. The molecule has 0 atom stereocenters. The monoisotopic (exact) mass is 515 g/mol. The molecule has 3 rings (SSSR count). The maximum atomic E-state index is 12.5. The molecular formula is C17H15BrIN3O3. The van der Waals surface area contributed by atoms with Gasteiger partial charge in [-0.05, 0) is 65.8 Å². The standard InChI is InChI=1S/C17H15BrIN3O3/c18-12-4-5-14(13(19)10-12)20-17(23)11-3-6-15(16(9-11)22(24)25)21-7-1-2-8-21/h3-6,9-10H,1-2,7-8H2,(H,20,23). The predicted octanol–water partition coefficient (Wildman–Crippen LogP) is 4.81. The molecule has 1 heterocycles. The molecular weight excluding hydrogens is 501 g/mol. The molecule has 2 aromatic carbocycles. The van der Waals surface area contributed by atoms with Crippen LogP contribution in [0.1, 0.15) is 23.2 Å². The lowest BCUT2D eigenvalue weighted by molar-refractivity contribution is -0.384. The van der Waals surface area contributed by atoms with Gasteiger partial charge in [-0.25, -0.2) is 0 Å². The average molecular weight is 516 g/mol. The van der Waals surface area contributed by atoms with Gasteiger partial charge in [0.2, 0.25) is 0 Å². The van der Waals surface area contributed by atoms with Crippen LogP contribution >= 0.6 is 38.5 Å². The zero-order valence-corrected chi connectivity index (χ0v) is 16.9. The predicted molar refractivity (Wildman–Crippen MR) is 109 cm³/mol. The maximum absolute atomic E-state index is 12.5. The van der Waals surface area contributed by atoms with Crippen LogP contribution in [0, 0.1) is 13.7 Å². The van der Waals surface area contributed by atoms with Crippen molar-refractivity contribution in [1.82, 2.24) is 0 Å². The van der Waals surface area contributed by atoms with Crippen molar-refractivity contribution in [2.45, 2.75) is 12.8 Å². The largest absolute Gasteiger partial charge is 0.366 e. The highest BCUT2D eigenvalue weighted by Gasteiger charge is 2.24. The minimum absolute atomic E-state index is 0.0277. The molecule has 8 heteroatoms. The molecule has 1 N–H and O–H groups in total. The molecule has 130 valence electrons. The molecule has 2 aromatic rings. The van der Waals surface area contributed by atoms with Crippen LogP contribution < -0.4 is 10.2 Å². The minimum atomic E-state index is -0.423. The number of amides is 1. The first-order chi connectivity index (χ1) is 12.0. The Kier molecular flexibility index (Phi) is 5.57. The van der Waals surface area contributed by atoms with E-state index in [0.29, 0.717) is 11.4 Å². The van der Waals surface area contributed by atoms with Gasteiger partial charge in [0.25, 0.3) is 11.6 Å². The lowest BCUT2D eigenvalue weighted by atomic mass is 10.1. The van der Waals surface area contributed by atoms with Crippen LogP contribution in [0.5, 0.6) is 0 Å². The lowest BCUT2D eigenvalue weighted by Gasteiger charge is -2.18. The first-order valence-corrected chi connectivity index (χ1v) is 9.62. The molecule has 25 heavy (non-hydrogen) atoms. The molecule has 1 aliphatic rings. The molecule has 1 fully saturated rings. The van der Waals surface area contributed by atoms with Crippen molar-refractivity contribution in [2.75, 3.05) is 23.3 Å². The summed E-state index contributed by atoms with van der Waals surface area (Å²) in [6, 6.07) is 10.2. The van der Waals surface area contributed by atoms with Gasteiger partial charge in [-0.15, -0.1) is 0 Å². The van der Waals surface area contributed by atoms with Crippen LogP contribution in [0.25, 0.3) is 0 Å². The van der Waals surface area contributed by atoms with E-state index in [-0.39, 0.29) is 17.2 Å². The topological polar surface area (TPSA) is 75.5 Å². The van der Waals surface area contributed by atoms with Gasteiger partial charge in [-0.3, -0.25) is 14.9 Å². The molecule has 1 saturated heterocycles. The number of hydrogen-bond donors (Lipinski definition) is 1. The number of anilines is 2. The van der Waals surface area contributed by atoms with E-state index in [1.165, 1.54) is 6.07 Å². The highest BCUT2D eigenvalue weighted by atomic mass is 127. The van der Waals surface area contributed by atoms with E-state index in [2.05, 4.69) is 43.8 Å². The Morgan fingerprint density at radius 3 is 2.56 bits per heavy atom. The van der Waals surface area contributed by atoms with E-state index in [9.17, 15) is 14.9 Å². The van der Waals surface area contributed by atoms with Crippen LogP contribution in [0.15, 0.2) is 40.9 Å². The molecule has 1 amide bonds. The van der Waals surface area contributed by atoms with Crippen LogP contribution in [0.2, 0.25) is 0 Å². The second kappa shape index (κ2) is 7.69. The van der Waals surface area contributed by atoms with E-state index < -0.39 is 4.92 Å². The summed E-state index contributed by atoms with van der Waals surface area (Å²) in [4.78, 5) is 25.5. The van der Waals surface area contributed by atoms with Gasteiger partial charge in [-0.1, -0.05) is 15.9 Å². The van der Waals surface area contributed by atoms with E-state index in [1.807, 2.05) is 17.0 Å². The van der Waals surface area contributed by atoms with Crippen LogP contribution in [0.4, 0.5) is 17.1 Å². The highest BCUT2D eigenvalue weighted by molar-refractivity contribution is 14.1. The van der Waals surface area contributed by atoms with Gasteiger partial charge in [0.05, 0.1) is 10.6 Å². The summed E-state index contributed by atoms with van der Waals surface area (Å²) in [6.07, 6.45) is 2.06. The van der Waals surface area contributed by atoms with E-state index in [4.69, 9.17) is 0 Å². The summed E-state index contributed by atoms with van der Waals surface area (Å²) in [6.45, 7) is 1.62. The molecule has 0 bridgehead atoms. The summed E-state index contributed by atoms with van der Waals surface area (Å²) >= 11 is 5.50. The first kappa shape index (κ1) is 18.1. The van der Waals surface area contributed by atoms with Gasteiger partial charge in [0, 0.05) is 32.8 Å². The zero-order chi connectivity index (χ0) is 18.0. The second-order valence-corrected chi connectivity index (χ2v) is 7.81. The quantitative estimate of drug-likeness (QED) is 0.360. The van der Waals surface area contributed by atoms with Gasteiger partial charge in [0.15, 0.2) is 0 Å². The normalized spacial score (nSPS) is 13.8. The Morgan fingerprint density at radius 2 is 1.92 bits per heavy atom. The van der Waals surface area contributed by atoms with Crippen molar-refractivity contribution in [3.05, 3.63) is 60.1 Å². The number of nitro groups is 1. The molecule has 0 aliphatic carbocycles. The van der Waals surface area contributed by atoms with Crippen molar-refractivity contribution in [2.24, 2.45) is 0 Å². The fourth-order valence-electron chi connectivity index (χ4n) is 2.82. The molecule has 0 unspecified atom stereocenters. The number of nitrogens with one attached hydrogen (secondary N) is 1. The Bertz CT molecular complexity index is 838. The SMILES string of the molecule is O=C(Nc1ccc(Br)cc1I)c1ccc(N2CCCC2)c([N+](=O)[O-])c1. The summed E-state index contributed by atoms with van der Waals surface area (Å²) < 4.78 is 1.80. The number of nitrogens with zero attached hydrogens (tertiary/aromatic N) is 2. The maximum Gasteiger partial charge on any atom is 0.293 e. The van der Waals surface area contributed by atoms with Crippen molar-refractivity contribution in [3.8, 4) is 0 Å². The third kappa shape index (κ3) is 4.12. The lowest BCUT2D eigenvalue weighted by Crippen LogP contribution is -2.20. The van der Waals surface area contributed by atoms with E-state index in [1.54, 1.807) is 18.2 Å². The number of carbonyl (C=O) groups excluding carboxylic acids is 1. The highest BCUT2D eigenvalue weighted by Crippen LogP contribution is 2.32. The molecule has 0 spiro atoms. The van der Waals surface area contributed by atoms with Crippen LogP contribution in [0.3, 0.4) is 0 Å². The summed E-state index contributed by atoms with van der Waals surface area (Å²) in [5.74, 6) is -0.365. The van der Waals surface area contributed by atoms with Crippen molar-refractivity contribution in [1.29, 1.82) is 0 Å². The third-order valence-corrected chi connectivity index (χ3v) is 5.45. The number of halogens is 2. The smallest absolute Gasteiger partial charge is 0.293 e. The molecule has 0 aromatic heterocycles. The van der Waals surface area contributed by atoms with E-state index >= 15 is 0 Å². The van der Waals surface area contributed by atoms with Gasteiger partial charge < -0.3 is 10.2 Å². The van der Waals surface area contributed by atoms with Gasteiger partial charge >= 0.3 is 0 Å². The Hall–Kier alpha value is -1.68. The van der Waals surface area contributed by atoms with E-state index in [0.717, 1.165) is 34.0 Å². The molecule has 1 aliphatic heterocycles. The minimum Gasteiger partial charge on any atom is -0.366 e. The third-order valence-electron chi connectivity index (χ3n) is 4.06. The van der Waals surface area contributed by atoms with Crippen LogP contribution in [-0.4, -0.2) is 23.9 Å². The van der Waals surface area contributed by atoms with Crippen LogP contribution in [-0.2, 0) is 0 Å². The molecule has 0 saturated carbocycles. The fourth-order valence-corrected chi connectivity index (χ4v) is 4.26. The van der Waals surface area contributed by atoms with Gasteiger partial charge in [-0.2, -0.15) is 0 Å². The number of benzene rings is 2. The van der Waals surface area contributed by atoms with Crippen molar-refractivity contribution < 1.29 is 9.72 Å². The van der Waals surface area contributed by atoms with Gasteiger partial charge in [0.1, 0.15) is 5.69 Å². The number of carbonyl (C=O) groups is 1. The number of rotatable bonds is 4. The summed E-state index contributed by atoms with van der Waals surface area (Å²) in [7, 11) is 0. The second-order valence-electron chi connectivity index (χ2n) is 5.73. The average Bonchev–Trinajstić information content (AvgIpc) is 3.11. The fraction of sp³-hybridized carbons (Fsp3) is 0.235. The molecule has 0 radical (unpaired) electrons. The Morgan fingerprint density at radius 1 is 1.20 bits per heavy atom. The Balaban J connectivity index is 1.87. The summed E-state index contributed by atoms with van der Waals surface area (Å²) in [5.41, 5.74) is 1.49. The number of nitro benzene ring substituents is 1. The van der Waals surface area contributed by atoms with Crippen molar-refractivity contribution in [3.63, 3.8) is 0 Å². The van der Waals surface area contributed by atoms with Crippen molar-refractivity contribution >= 4 is 61.5 Å². The summed E-state index contributed by atoms with van der Waals surface area (Å²) in [5, 5.41) is 14.2. The Labute approximate surface area is 167 Å². The first-order valence-electron chi connectivity index (χ1n) is 7.75. The zero-order valence-electron chi connectivity index (χ0n) is 13.2.